The van der Waals surface area contributed by atoms with Gasteiger partial charge in [-0.3, -0.25) is 4.79 Å². The van der Waals surface area contributed by atoms with Gasteiger partial charge in [0.15, 0.2) is 5.13 Å². The highest BCUT2D eigenvalue weighted by Crippen LogP contribution is 2.28. The largest absolute Gasteiger partial charge is 0.497 e. The van der Waals surface area contributed by atoms with E-state index in [9.17, 15) is 4.79 Å². The third kappa shape index (κ3) is 4.16. The lowest BCUT2D eigenvalue weighted by molar-refractivity contribution is -0.113. The average Bonchev–Trinajstić information content (AvgIpc) is 3.32. The lowest BCUT2D eigenvalue weighted by atomic mass is 10.3. The lowest BCUT2D eigenvalue weighted by Crippen LogP contribution is -2.14. The van der Waals surface area contributed by atoms with Gasteiger partial charge in [0.25, 0.3) is 0 Å². The fraction of sp³-hybridized carbons (Fsp3) is 0.118. The molecule has 28 heavy (non-hydrogen) atoms. The normalized spacial score (nSPS) is 10.9. The summed E-state index contributed by atoms with van der Waals surface area (Å²) in [6.07, 6.45) is 0. The van der Waals surface area contributed by atoms with Gasteiger partial charge in [0.2, 0.25) is 11.1 Å². The number of hydrogen-bond donors (Lipinski definition) is 1. The van der Waals surface area contributed by atoms with Crippen LogP contribution < -0.4 is 10.1 Å². The van der Waals surface area contributed by atoms with Crippen molar-refractivity contribution in [2.24, 2.45) is 0 Å². The van der Waals surface area contributed by atoms with E-state index in [2.05, 4.69) is 41.8 Å². The Labute approximate surface area is 176 Å². The summed E-state index contributed by atoms with van der Waals surface area (Å²) < 4.78 is 8.71. The summed E-state index contributed by atoms with van der Waals surface area (Å²) in [5.74, 6) is 0.733. The third-order valence-electron chi connectivity index (χ3n) is 3.69. The van der Waals surface area contributed by atoms with E-state index in [0.717, 1.165) is 26.1 Å². The lowest BCUT2D eigenvalue weighted by Gasteiger charge is -2.05. The van der Waals surface area contributed by atoms with Gasteiger partial charge in [-0.2, -0.15) is 4.68 Å². The first-order valence-electron chi connectivity index (χ1n) is 8.04. The first kappa shape index (κ1) is 18.8. The van der Waals surface area contributed by atoms with E-state index in [1.54, 1.807) is 11.8 Å². The van der Waals surface area contributed by atoms with Crippen molar-refractivity contribution >= 4 is 60.3 Å². The number of hydrogen-bond acceptors (Lipinski definition) is 8. The molecule has 4 rings (SSSR count). The number of rotatable bonds is 6. The van der Waals surface area contributed by atoms with Crippen LogP contribution in [0.2, 0.25) is 0 Å². The highest BCUT2D eigenvalue weighted by Gasteiger charge is 2.13. The summed E-state index contributed by atoms with van der Waals surface area (Å²) in [5.41, 5.74) is 1.63. The molecular formula is C17H13BrN6O2S2. The molecule has 0 aliphatic rings. The van der Waals surface area contributed by atoms with Crippen LogP contribution in [0.3, 0.4) is 0 Å². The van der Waals surface area contributed by atoms with Gasteiger partial charge < -0.3 is 10.1 Å². The molecule has 11 heteroatoms. The predicted octanol–water partition coefficient (Wildman–Crippen LogP) is 3.77. The van der Waals surface area contributed by atoms with Crippen LogP contribution in [0.15, 0.2) is 52.1 Å². The van der Waals surface area contributed by atoms with Crippen LogP contribution >= 0.6 is 39.0 Å². The second-order valence-electron chi connectivity index (χ2n) is 5.54. The molecular weight excluding hydrogens is 464 g/mol. The number of fused-ring (bicyclic) bond motifs is 1. The Bertz CT molecular complexity index is 1130. The molecule has 8 nitrogen and oxygen atoms in total. The number of amides is 1. The van der Waals surface area contributed by atoms with Gasteiger partial charge >= 0.3 is 0 Å². The topological polar surface area (TPSA) is 94.8 Å². The number of methoxy groups -OCH3 is 1. The minimum Gasteiger partial charge on any atom is -0.497 e. The molecule has 2 aromatic heterocycles. The second-order valence-corrected chi connectivity index (χ2v) is 8.43. The zero-order valence-electron chi connectivity index (χ0n) is 14.5. The molecule has 0 radical (unpaired) electrons. The van der Waals surface area contributed by atoms with Crippen molar-refractivity contribution in [1.82, 2.24) is 25.2 Å². The van der Waals surface area contributed by atoms with Crippen LogP contribution in [-0.4, -0.2) is 44.0 Å². The quantitative estimate of drug-likeness (QED) is 0.423. The number of carbonyl (C=O) groups excluding carboxylic acids is 1. The van der Waals surface area contributed by atoms with Crippen molar-refractivity contribution in [3.8, 4) is 11.4 Å². The zero-order valence-corrected chi connectivity index (χ0v) is 17.7. The van der Waals surface area contributed by atoms with E-state index in [4.69, 9.17) is 4.74 Å². The van der Waals surface area contributed by atoms with Gasteiger partial charge in [-0.15, -0.1) is 5.10 Å². The summed E-state index contributed by atoms with van der Waals surface area (Å²) in [4.78, 5) is 16.7. The van der Waals surface area contributed by atoms with Crippen molar-refractivity contribution < 1.29 is 9.53 Å². The number of ether oxygens (including phenoxy) is 1. The van der Waals surface area contributed by atoms with E-state index in [1.165, 1.54) is 23.1 Å². The summed E-state index contributed by atoms with van der Waals surface area (Å²) in [5, 5.41) is 15.6. The molecule has 0 aliphatic heterocycles. The summed E-state index contributed by atoms with van der Waals surface area (Å²) in [6.45, 7) is 0. The van der Waals surface area contributed by atoms with Crippen molar-refractivity contribution in [1.29, 1.82) is 0 Å². The van der Waals surface area contributed by atoms with Gasteiger partial charge in [0.05, 0.1) is 28.8 Å². The molecule has 0 spiro atoms. The maximum Gasteiger partial charge on any atom is 0.236 e. The van der Waals surface area contributed by atoms with Crippen molar-refractivity contribution in [2.45, 2.75) is 5.16 Å². The van der Waals surface area contributed by atoms with Crippen LogP contribution in [0.4, 0.5) is 5.13 Å². The first-order chi connectivity index (χ1) is 13.6. The Morgan fingerprint density at radius 2 is 2.11 bits per heavy atom. The molecule has 1 N–H and O–H groups in total. The highest BCUT2D eigenvalue weighted by molar-refractivity contribution is 9.10. The van der Waals surface area contributed by atoms with Gasteiger partial charge in [0.1, 0.15) is 5.75 Å². The highest BCUT2D eigenvalue weighted by atomic mass is 79.9. The second kappa shape index (κ2) is 8.25. The van der Waals surface area contributed by atoms with Gasteiger partial charge in [-0.1, -0.05) is 39.0 Å². The predicted molar refractivity (Wildman–Crippen MR) is 112 cm³/mol. The molecule has 0 bridgehead atoms. The summed E-state index contributed by atoms with van der Waals surface area (Å²) in [7, 11) is 1.61. The average molecular weight is 477 g/mol. The number of nitrogens with one attached hydrogen (secondary N) is 1. The number of anilines is 1. The van der Waals surface area contributed by atoms with Crippen molar-refractivity contribution in [2.75, 3.05) is 18.2 Å². The SMILES string of the molecule is COc1ccc(-n2nnnc2SCC(=O)Nc2nc3ccc(Br)cc3s2)cc1. The van der Waals surface area contributed by atoms with Crippen molar-refractivity contribution in [3.63, 3.8) is 0 Å². The number of halogens is 1. The van der Waals surface area contributed by atoms with Crippen LogP contribution in [-0.2, 0) is 4.79 Å². The number of benzene rings is 2. The minimum atomic E-state index is -0.174. The van der Waals surface area contributed by atoms with E-state index in [-0.39, 0.29) is 11.7 Å². The fourth-order valence-electron chi connectivity index (χ4n) is 2.39. The number of aromatic nitrogens is 5. The maximum atomic E-state index is 12.3. The van der Waals surface area contributed by atoms with Gasteiger partial charge in [0, 0.05) is 4.47 Å². The zero-order chi connectivity index (χ0) is 19.5. The van der Waals surface area contributed by atoms with E-state index in [1.807, 2.05) is 42.5 Å². The minimum absolute atomic E-state index is 0.163. The Kier molecular flexibility index (Phi) is 5.55. The number of thioether (sulfide) groups is 1. The molecule has 0 saturated carbocycles. The molecule has 2 aromatic carbocycles. The number of nitrogens with zero attached hydrogens (tertiary/aromatic N) is 5. The fourth-order valence-corrected chi connectivity index (χ4v) is 4.52. The molecule has 4 aromatic rings. The van der Waals surface area contributed by atoms with Crippen LogP contribution in [0.5, 0.6) is 5.75 Å². The van der Waals surface area contributed by atoms with Crippen LogP contribution in [0.25, 0.3) is 15.9 Å². The van der Waals surface area contributed by atoms with Gasteiger partial charge in [-0.25, -0.2) is 4.98 Å². The van der Waals surface area contributed by atoms with E-state index in [0.29, 0.717) is 10.3 Å². The number of thiazole rings is 1. The summed E-state index contributed by atoms with van der Waals surface area (Å²) >= 11 is 6.11. The van der Waals surface area contributed by atoms with Gasteiger partial charge in [-0.05, 0) is 52.9 Å². The number of carbonyl (C=O) groups is 1. The Morgan fingerprint density at radius 1 is 1.29 bits per heavy atom. The van der Waals surface area contributed by atoms with Crippen LogP contribution in [0, 0.1) is 0 Å². The smallest absolute Gasteiger partial charge is 0.236 e. The molecule has 142 valence electrons. The molecule has 0 saturated heterocycles. The standard InChI is InChI=1S/C17H13BrN6O2S2/c1-26-12-5-3-11(4-6-12)24-17(21-22-23-24)27-9-15(25)20-16-19-13-7-2-10(18)8-14(13)28-16/h2-8H,9H2,1H3,(H,19,20,25). The monoisotopic (exact) mass is 476 g/mol. The molecule has 0 fully saturated rings. The van der Waals surface area contributed by atoms with E-state index >= 15 is 0 Å². The van der Waals surface area contributed by atoms with E-state index < -0.39 is 0 Å². The molecule has 0 unspecified atom stereocenters. The molecule has 2 heterocycles. The van der Waals surface area contributed by atoms with Crippen molar-refractivity contribution in [3.05, 3.63) is 46.9 Å². The molecule has 1 amide bonds. The molecule has 0 atom stereocenters. The number of tetrazole rings is 1. The molecule has 0 aliphatic carbocycles. The Balaban J connectivity index is 1.41. The first-order valence-corrected chi connectivity index (χ1v) is 10.6. The Hall–Kier alpha value is -2.50. The van der Waals surface area contributed by atoms with Crippen LogP contribution in [0.1, 0.15) is 0 Å². The third-order valence-corrected chi connectivity index (χ3v) is 6.03. The Morgan fingerprint density at radius 3 is 2.89 bits per heavy atom. The maximum absolute atomic E-state index is 12.3. The summed E-state index contributed by atoms with van der Waals surface area (Å²) in [6, 6.07) is 13.1.